The fourth-order valence-electron chi connectivity index (χ4n) is 1.79. The van der Waals surface area contributed by atoms with Crippen LogP contribution in [0.25, 0.3) is 0 Å². The second-order valence-electron chi connectivity index (χ2n) is 4.59. The minimum absolute atomic E-state index is 1.05. The average molecular weight is 229 g/mol. The van der Waals surface area contributed by atoms with Gasteiger partial charge in [-0.3, -0.25) is 4.98 Å². The fourth-order valence-corrected chi connectivity index (χ4v) is 1.79. The zero-order valence-corrected chi connectivity index (χ0v) is 11.2. The predicted molar refractivity (Wildman–Crippen MR) is 75.0 cm³/mol. The van der Waals surface area contributed by atoms with Crippen LogP contribution >= 0.6 is 0 Å². The van der Waals surface area contributed by atoms with Crippen molar-refractivity contribution in [2.24, 2.45) is 0 Å². The quantitative estimate of drug-likeness (QED) is 0.644. The third-order valence-corrected chi connectivity index (χ3v) is 2.85. The van der Waals surface area contributed by atoms with Gasteiger partial charge in [-0.05, 0) is 58.6 Å². The Morgan fingerprint density at radius 3 is 2.65 bits per heavy atom. The molecule has 1 aromatic heterocycles. The van der Waals surface area contributed by atoms with Crippen LogP contribution in [0, 0.1) is 0 Å². The first-order valence-electron chi connectivity index (χ1n) is 6.39. The molecule has 1 aromatic rings. The van der Waals surface area contributed by atoms with E-state index in [9.17, 15) is 0 Å². The SMILES string of the molecule is CC=C(CCC=C(C)C)CCc1ccccn1. The summed E-state index contributed by atoms with van der Waals surface area (Å²) in [4.78, 5) is 4.35. The van der Waals surface area contributed by atoms with Gasteiger partial charge in [0, 0.05) is 11.9 Å². The number of pyridine rings is 1. The van der Waals surface area contributed by atoms with Crippen molar-refractivity contribution in [1.82, 2.24) is 4.98 Å². The molecule has 1 nitrogen and oxygen atoms in total. The van der Waals surface area contributed by atoms with E-state index in [0.29, 0.717) is 0 Å². The molecule has 17 heavy (non-hydrogen) atoms. The van der Waals surface area contributed by atoms with Crippen LogP contribution in [-0.2, 0) is 6.42 Å². The van der Waals surface area contributed by atoms with Gasteiger partial charge in [0.25, 0.3) is 0 Å². The zero-order valence-electron chi connectivity index (χ0n) is 11.2. The molecule has 0 aromatic carbocycles. The molecule has 0 unspecified atom stereocenters. The summed E-state index contributed by atoms with van der Waals surface area (Å²) < 4.78 is 0. The van der Waals surface area contributed by atoms with Gasteiger partial charge in [0.2, 0.25) is 0 Å². The molecule has 0 fully saturated rings. The molecule has 0 bridgehead atoms. The summed E-state index contributed by atoms with van der Waals surface area (Å²) in [5.74, 6) is 0. The van der Waals surface area contributed by atoms with Crippen molar-refractivity contribution in [2.45, 2.75) is 46.5 Å². The van der Waals surface area contributed by atoms with Crippen LogP contribution in [0.15, 0.2) is 47.7 Å². The predicted octanol–water partition coefficient (Wildman–Crippen LogP) is 4.71. The van der Waals surface area contributed by atoms with Crippen molar-refractivity contribution in [1.29, 1.82) is 0 Å². The Morgan fingerprint density at radius 2 is 2.06 bits per heavy atom. The van der Waals surface area contributed by atoms with Gasteiger partial charge in [0.05, 0.1) is 0 Å². The van der Waals surface area contributed by atoms with Crippen LogP contribution in [0.3, 0.4) is 0 Å². The molecule has 0 amide bonds. The van der Waals surface area contributed by atoms with Crippen molar-refractivity contribution in [2.75, 3.05) is 0 Å². The Kier molecular flexibility index (Phi) is 6.31. The van der Waals surface area contributed by atoms with Crippen LogP contribution in [0.4, 0.5) is 0 Å². The zero-order chi connectivity index (χ0) is 12.5. The summed E-state index contributed by atoms with van der Waals surface area (Å²) in [5.41, 5.74) is 4.13. The Bertz CT molecular complexity index is 370. The smallest absolute Gasteiger partial charge is 0.0406 e. The van der Waals surface area contributed by atoms with Gasteiger partial charge in [-0.1, -0.05) is 29.4 Å². The fraction of sp³-hybridized carbons (Fsp3) is 0.438. The summed E-state index contributed by atoms with van der Waals surface area (Å²) >= 11 is 0. The highest BCUT2D eigenvalue weighted by Gasteiger charge is 1.98. The minimum Gasteiger partial charge on any atom is -0.261 e. The van der Waals surface area contributed by atoms with Crippen molar-refractivity contribution in [3.05, 3.63) is 53.4 Å². The molecule has 92 valence electrons. The largest absolute Gasteiger partial charge is 0.261 e. The molecular weight excluding hydrogens is 206 g/mol. The van der Waals surface area contributed by atoms with E-state index >= 15 is 0 Å². The number of rotatable bonds is 6. The maximum Gasteiger partial charge on any atom is 0.0406 e. The molecule has 0 aliphatic rings. The standard InChI is InChI=1S/C16H23N/c1-4-15(9-7-8-14(2)3)11-12-16-10-5-6-13-17-16/h4-6,8,10,13H,7,9,11-12H2,1-3H3. The first-order valence-corrected chi connectivity index (χ1v) is 6.39. The lowest BCUT2D eigenvalue weighted by atomic mass is 10.0. The summed E-state index contributed by atoms with van der Waals surface area (Å²) in [7, 11) is 0. The van der Waals surface area contributed by atoms with Crippen molar-refractivity contribution in [3.8, 4) is 0 Å². The van der Waals surface area contributed by atoms with E-state index in [1.165, 1.54) is 23.3 Å². The van der Waals surface area contributed by atoms with Gasteiger partial charge in [-0.25, -0.2) is 0 Å². The van der Waals surface area contributed by atoms with Gasteiger partial charge in [0.15, 0.2) is 0 Å². The van der Waals surface area contributed by atoms with Crippen molar-refractivity contribution >= 4 is 0 Å². The normalized spacial score (nSPS) is 11.4. The second kappa shape index (κ2) is 7.83. The number of hydrogen-bond acceptors (Lipinski definition) is 1. The van der Waals surface area contributed by atoms with Crippen molar-refractivity contribution in [3.63, 3.8) is 0 Å². The van der Waals surface area contributed by atoms with Crippen LogP contribution in [0.1, 0.15) is 45.7 Å². The van der Waals surface area contributed by atoms with Gasteiger partial charge < -0.3 is 0 Å². The summed E-state index contributed by atoms with van der Waals surface area (Å²) in [6.07, 6.45) is 10.9. The monoisotopic (exact) mass is 229 g/mol. The van der Waals surface area contributed by atoms with E-state index in [1.54, 1.807) is 0 Å². The van der Waals surface area contributed by atoms with Gasteiger partial charge in [-0.2, -0.15) is 0 Å². The lowest BCUT2D eigenvalue weighted by molar-refractivity contribution is 0.826. The van der Waals surface area contributed by atoms with Crippen LogP contribution in [0.5, 0.6) is 0 Å². The summed E-state index contributed by atoms with van der Waals surface area (Å²) in [5, 5.41) is 0. The summed E-state index contributed by atoms with van der Waals surface area (Å²) in [6.45, 7) is 6.45. The number of nitrogens with zero attached hydrogens (tertiary/aromatic N) is 1. The lowest BCUT2D eigenvalue weighted by Gasteiger charge is -2.05. The number of allylic oxidation sites excluding steroid dienone is 4. The molecule has 0 spiro atoms. The van der Waals surface area contributed by atoms with Crippen LogP contribution in [-0.4, -0.2) is 4.98 Å². The van der Waals surface area contributed by atoms with E-state index in [2.05, 4.69) is 50.0 Å². The van der Waals surface area contributed by atoms with Crippen LogP contribution in [0.2, 0.25) is 0 Å². The van der Waals surface area contributed by atoms with Gasteiger partial charge >= 0.3 is 0 Å². The van der Waals surface area contributed by atoms with E-state index in [-0.39, 0.29) is 0 Å². The molecule has 0 radical (unpaired) electrons. The second-order valence-corrected chi connectivity index (χ2v) is 4.59. The third kappa shape index (κ3) is 6.06. The Labute approximate surface area is 105 Å². The molecule has 0 atom stereocenters. The maximum atomic E-state index is 4.35. The highest BCUT2D eigenvalue weighted by atomic mass is 14.7. The first kappa shape index (κ1) is 13.7. The molecule has 0 N–H and O–H groups in total. The lowest BCUT2D eigenvalue weighted by Crippen LogP contribution is -1.92. The molecule has 0 aliphatic carbocycles. The topological polar surface area (TPSA) is 12.9 Å². The van der Waals surface area contributed by atoms with E-state index in [4.69, 9.17) is 0 Å². The highest BCUT2D eigenvalue weighted by Crippen LogP contribution is 2.14. The van der Waals surface area contributed by atoms with E-state index < -0.39 is 0 Å². The van der Waals surface area contributed by atoms with Gasteiger partial charge in [-0.15, -0.1) is 0 Å². The highest BCUT2D eigenvalue weighted by molar-refractivity contribution is 5.09. The molecule has 1 heteroatoms. The Hall–Kier alpha value is -1.37. The Morgan fingerprint density at radius 1 is 1.24 bits per heavy atom. The average Bonchev–Trinajstić information content (AvgIpc) is 2.34. The molecule has 1 rings (SSSR count). The molecule has 1 heterocycles. The molecular formula is C16H23N. The van der Waals surface area contributed by atoms with Crippen LogP contribution < -0.4 is 0 Å². The molecule has 0 saturated heterocycles. The maximum absolute atomic E-state index is 4.35. The molecule has 0 saturated carbocycles. The summed E-state index contributed by atoms with van der Waals surface area (Å²) in [6, 6.07) is 6.12. The van der Waals surface area contributed by atoms with Gasteiger partial charge in [0.1, 0.15) is 0 Å². The van der Waals surface area contributed by atoms with Crippen molar-refractivity contribution < 1.29 is 0 Å². The third-order valence-electron chi connectivity index (χ3n) is 2.85. The van der Waals surface area contributed by atoms with E-state index in [0.717, 1.165) is 19.3 Å². The number of aryl methyl sites for hydroxylation is 1. The Balaban J connectivity index is 2.36. The minimum atomic E-state index is 1.05. The first-order chi connectivity index (χ1) is 8.22. The van der Waals surface area contributed by atoms with E-state index in [1.807, 2.05) is 12.3 Å². The molecule has 0 aliphatic heterocycles. The number of aromatic nitrogens is 1. The number of hydrogen-bond donors (Lipinski definition) is 0.